The van der Waals surface area contributed by atoms with Crippen molar-refractivity contribution in [2.75, 3.05) is 45.9 Å². The molecule has 6 nitrogen and oxygen atoms in total. The Hall–Kier alpha value is -1.54. The molecule has 1 aliphatic carbocycles. The summed E-state index contributed by atoms with van der Waals surface area (Å²) < 4.78 is 34.9. The molecule has 162 valence electrons. The molecule has 2 atom stereocenters. The summed E-state index contributed by atoms with van der Waals surface area (Å²) in [7, 11) is -3.62. The van der Waals surface area contributed by atoms with Gasteiger partial charge in [-0.05, 0) is 48.4 Å². The second kappa shape index (κ2) is 6.99. The summed E-state index contributed by atoms with van der Waals surface area (Å²) in [5.74, 6) is 0.381. The lowest BCUT2D eigenvalue weighted by molar-refractivity contribution is -0.0965. The molecule has 0 radical (unpaired) electrons. The number of hydrogen-bond donors (Lipinski definition) is 0. The van der Waals surface area contributed by atoms with Crippen molar-refractivity contribution in [1.82, 2.24) is 14.2 Å². The highest BCUT2D eigenvalue weighted by Gasteiger charge is 2.64. The van der Waals surface area contributed by atoms with Crippen LogP contribution in [0.2, 0.25) is 0 Å². The predicted octanol–water partition coefficient (Wildman–Crippen LogP) is 2.91. The number of rotatable bonds is 4. The topological polar surface area (TPSA) is 62.7 Å². The zero-order chi connectivity index (χ0) is 21.1. The van der Waals surface area contributed by atoms with E-state index in [1.54, 1.807) is 16.6 Å². The number of ether oxygens (including phenoxy) is 1. The minimum absolute atomic E-state index is 0.0426. The first-order valence-corrected chi connectivity index (χ1v) is 12.3. The number of pyridine rings is 1. The highest BCUT2D eigenvalue weighted by atomic mass is 32.2. The van der Waals surface area contributed by atoms with Crippen molar-refractivity contribution < 1.29 is 13.2 Å². The standard InChI is InChI=1S/C23H31N3O3S/c1-17-11-18-5-4-6-24-21(18)19(12-17)30(27,28)26-13-20-22(2,3)14-23(20,16-26)15-25-7-9-29-10-8-25/h4-6,11-12,20H,7-10,13-16H2,1-3H3/t20-,23+/m1/s1. The van der Waals surface area contributed by atoms with E-state index in [9.17, 15) is 8.42 Å². The van der Waals surface area contributed by atoms with Crippen LogP contribution in [0.1, 0.15) is 25.8 Å². The zero-order valence-corrected chi connectivity index (χ0v) is 18.9. The normalized spacial score (nSPS) is 29.6. The van der Waals surface area contributed by atoms with Crippen molar-refractivity contribution >= 4 is 20.9 Å². The molecule has 0 unspecified atom stereocenters. The lowest BCUT2D eigenvalue weighted by Crippen LogP contribution is -2.59. The minimum Gasteiger partial charge on any atom is -0.379 e. The molecule has 0 amide bonds. The maximum atomic E-state index is 13.8. The SMILES string of the molecule is Cc1cc(S(=O)(=O)N2C[C@@H]3C(C)(C)C[C@]3(CN3CCOCC3)C2)c2ncccc2c1. The van der Waals surface area contributed by atoms with Gasteiger partial charge in [-0.1, -0.05) is 19.9 Å². The van der Waals surface area contributed by atoms with Gasteiger partial charge in [-0.2, -0.15) is 4.31 Å². The van der Waals surface area contributed by atoms with Gasteiger partial charge in [0.05, 0.1) is 18.7 Å². The second-order valence-electron chi connectivity index (χ2n) is 10.1. The van der Waals surface area contributed by atoms with Gasteiger partial charge >= 0.3 is 0 Å². The van der Waals surface area contributed by atoms with Crippen molar-refractivity contribution in [3.8, 4) is 0 Å². The second-order valence-corrected chi connectivity index (χ2v) is 12.0. The number of morpholine rings is 1. The van der Waals surface area contributed by atoms with Crippen LogP contribution >= 0.6 is 0 Å². The average Bonchev–Trinajstić information content (AvgIpc) is 3.03. The molecule has 7 heteroatoms. The van der Waals surface area contributed by atoms with Gasteiger partial charge in [0.1, 0.15) is 4.90 Å². The third kappa shape index (κ3) is 3.18. The molecule has 3 fully saturated rings. The largest absolute Gasteiger partial charge is 0.379 e. The van der Waals surface area contributed by atoms with E-state index in [-0.39, 0.29) is 10.8 Å². The molecular weight excluding hydrogens is 398 g/mol. The average molecular weight is 430 g/mol. The van der Waals surface area contributed by atoms with Gasteiger partial charge in [0.15, 0.2) is 0 Å². The van der Waals surface area contributed by atoms with E-state index in [1.807, 2.05) is 25.1 Å². The Kier molecular flexibility index (Phi) is 4.74. The molecule has 5 rings (SSSR count). The van der Waals surface area contributed by atoms with Gasteiger partial charge in [0.25, 0.3) is 0 Å². The van der Waals surface area contributed by atoms with Gasteiger partial charge in [-0.25, -0.2) is 8.42 Å². The van der Waals surface area contributed by atoms with Crippen molar-refractivity contribution in [2.24, 2.45) is 16.7 Å². The zero-order valence-electron chi connectivity index (χ0n) is 18.1. The van der Waals surface area contributed by atoms with Crippen LogP contribution in [0.15, 0.2) is 35.4 Å². The Morgan fingerprint density at radius 1 is 1.23 bits per heavy atom. The molecule has 0 spiro atoms. The summed E-state index contributed by atoms with van der Waals surface area (Å²) in [6.45, 7) is 12.1. The summed E-state index contributed by atoms with van der Waals surface area (Å²) in [4.78, 5) is 7.24. The van der Waals surface area contributed by atoms with Crippen LogP contribution < -0.4 is 0 Å². The van der Waals surface area contributed by atoms with Gasteiger partial charge < -0.3 is 4.74 Å². The fourth-order valence-electron chi connectivity index (χ4n) is 6.32. The number of benzene rings is 1. The number of aromatic nitrogens is 1. The number of hydrogen-bond acceptors (Lipinski definition) is 5. The number of sulfonamides is 1. The summed E-state index contributed by atoms with van der Waals surface area (Å²) >= 11 is 0. The van der Waals surface area contributed by atoms with Crippen molar-refractivity contribution in [1.29, 1.82) is 0 Å². The molecule has 0 N–H and O–H groups in total. The molecule has 3 aliphatic rings. The van der Waals surface area contributed by atoms with Crippen molar-refractivity contribution in [3.63, 3.8) is 0 Å². The van der Waals surface area contributed by atoms with Crippen molar-refractivity contribution in [3.05, 3.63) is 36.0 Å². The summed E-state index contributed by atoms with van der Waals surface area (Å²) in [5.41, 5.74) is 1.73. The molecule has 3 heterocycles. The van der Waals surface area contributed by atoms with Gasteiger partial charge in [-0.3, -0.25) is 9.88 Å². The molecular formula is C23H31N3O3S. The van der Waals surface area contributed by atoms with E-state index in [0.717, 1.165) is 50.2 Å². The van der Waals surface area contributed by atoms with Gasteiger partial charge in [0, 0.05) is 49.7 Å². The Balaban J connectivity index is 1.49. The van der Waals surface area contributed by atoms with Crippen LogP contribution in [0.25, 0.3) is 10.9 Å². The van der Waals surface area contributed by atoms with E-state index >= 15 is 0 Å². The Morgan fingerprint density at radius 2 is 2.00 bits per heavy atom. The molecule has 1 saturated carbocycles. The fraction of sp³-hybridized carbons (Fsp3) is 0.609. The minimum atomic E-state index is -3.62. The summed E-state index contributed by atoms with van der Waals surface area (Å²) in [5, 5.41) is 0.876. The first-order valence-electron chi connectivity index (χ1n) is 10.9. The molecule has 2 saturated heterocycles. The first kappa shape index (κ1) is 20.4. The Bertz CT molecular complexity index is 1080. The quantitative estimate of drug-likeness (QED) is 0.748. The predicted molar refractivity (Wildman–Crippen MR) is 117 cm³/mol. The Morgan fingerprint density at radius 3 is 2.73 bits per heavy atom. The maximum Gasteiger partial charge on any atom is 0.245 e. The van der Waals surface area contributed by atoms with Crippen LogP contribution in [0.5, 0.6) is 0 Å². The summed E-state index contributed by atoms with van der Waals surface area (Å²) in [6.07, 6.45) is 2.74. The van der Waals surface area contributed by atoms with Crippen molar-refractivity contribution in [2.45, 2.75) is 32.1 Å². The highest BCUT2D eigenvalue weighted by Crippen LogP contribution is 2.63. The molecule has 30 heavy (non-hydrogen) atoms. The monoisotopic (exact) mass is 429 g/mol. The smallest absolute Gasteiger partial charge is 0.245 e. The third-order valence-corrected chi connectivity index (χ3v) is 9.27. The first-order chi connectivity index (χ1) is 14.2. The fourth-order valence-corrected chi connectivity index (χ4v) is 8.12. The molecule has 0 bridgehead atoms. The molecule has 2 aromatic rings. The number of nitrogens with zero attached hydrogens (tertiary/aromatic N) is 3. The van der Waals surface area contributed by atoms with Crippen LogP contribution in [-0.2, 0) is 14.8 Å². The van der Waals surface area contributed by atoms with E-state index in [0.29, 0.717) is 29.4 Å². The van der Waals surface area contributed by atoms with E-state index in [4.69, 9.17) is 4.74 Å². The van der Waals surface area contributed by atoms with E-state index in [1.165, 1.54) is 0 Å². The highest BCUT2D eigenvalue weighted by molar-refractivity contribution is 7.89. The maximum absolute atomic E-state index is 13.8. The Labute approximate surface area is 179 Å². The number of aryl methyl sites for hydroxylation is 1. The van der Waals surface area contributed by atoms with E-state index in [2.05, 4.69) is 23.7 Å². The van der Waals surface area contributed by atoms with Crippen LogP contribution in [0.4, 0.5) is 0 Å². The van der Waals surface area contributed by atoms with E-state index < -0.39 is 10.0 Å². The lowest BCUT2D eigenvalue weighted by Gasteiger charge is -2.58. The van der Waals surface area contributed by atoms with Gasteiger partial charge in [0.2, 0.25) is 10.0 Å². The molecule has 1 aromatic carbocycles. The molecule has 1 aromatic heterocycles. The summed E-state index contributed by atoms with van der Waals surface area (Å²) in [6, 6.07) is 7.57. The lowest BCUT2D eigenvalue weighted by atomic mass is 9.48. The van der Waals surface area contributed by atoms with Crippen LogP contribution in [-0.4, -0.2) is 68.5 Å². The van der Waals surface area contributed by atoms with Crippen LogP contribution in [0, 0.1) is 23.7 Å². The molecule has 2 aliphatic heterocycles. The van der Waals surface area contributed by atoms with Gasteiger partial charge in [-0.15, -0.1) is 0 Å². The third-order valence-electron chi connectivity index (χ3n) is 7.44. The van der Waals surface area contributed by atoms with Crippen LogP contribution in [0.3, 0.4) is 0 Å². The number of fused-ring (bicyclic) bond motifs is 2.